The maximum Gasteiger partial charge on any atom is 0.221 e. The first-order valence-corrected chi connectivity index (χ1v) is 5.88. The molecule has 1 amide bonds. The molecule has 15 heavy (non-hydrogen) atoms. The summed E-state index contributed by atoms with van der Waals surface area (Å²) in [6.45, 7) is 3.59. The van der Waals surface area contributed by atoms with Gasteiger partial charge in [0, 0.05) is 32.2 Å². The predicted octanol–water partition coefficient (Wildman–Crippen LogP) is 0.263. The molecular weight excluding hydrogens is 192 g/mol. The summed E-state index contributed by atoms with van der Waals surface area (Å²) in [6, 6.07) is 0.407. The summed E-state index contributed by atoms with van der Waals surface area (Å²) in [5.74, 6) is 0.489. The fraction of sp³-hybridized carbons (Fsp3) is 0.909. The zero-order valence-electron chi connectivity index (χ0n) is 9.46. The molecule has 0 bridgehead atoms. The summed E-state index contributed by atoms with van der Waals surface area (Å²) in [6.07, 6.45) is 3.95. The highest BCUT2D eigenvalue weighted by atomic mass is 16.3. The van der Waals surface area contributed by atoms with Gasteiger partial charge in [-0.25, -0.2) is 0 Å². The molecule has 2 atom stereocenters. The van der Waals surface area contributed by atoms with Gasteiger partial charge in [0.1, 0.15) is 0 Å². The molecule has 0 spiro atoms. The Balaban J connectivity index is 2.11. The molecule has 4 heteroatoms. The van der Waals surface area contributed by atoms with E-state index < -0.39 is 0 Å². The molecule has 88 valence electrons. The van der Waals surface area contributed by atoms with Gasteiger partial charge in [-0.05, 0) is 25.7 Å². The van der Waals surface area contributed by atoms with Crippen molar-refractivity contribution in [3.05, 3.63) is 0 Å². The number of rotatable bonds is 6. The number of hydrogen-bond donors (Lipinski definition) is 3. The van der Waals surface area contributed by atoms with Gasteiger partial charge in [0.25, 0.3) is 0 Å². The lowest BCUT2D eigenvalue weighted by Gasteiger charge is -2.18. The number of carbonyl (C=O) groups excluding carboxylic acids is 1. The summed E-state index contributed by atoms with van der Waals surface area (Å²) in [7, 11) is 0. The summed E-state index contributed by atoms with van der Waals surface area (Å²) in [5, 5.41) is 15.2. The predicted molar refractivity (Wildman–Crippen MR) is 59.5 cm³/mol. The first kappa shape index (κ1) is 12.5. The van der Waals surface area contributed by atoms with Crippen molar-refractivity contribution < 1.29 is 9.90 Å². The van der Waals surface area contributed by atoms with Crippen LogP contribution >= 0.6 is 0 Å². The van der Waals surface area contributed by atoms with Gasteiger partial charge in [-0.15, -0.1) is 0 Å². The fourth-order valence-corrected chi connectivity index (χ4v) is 2.18. The molecule has 0 radical (unpaired) electrons. The van der Waals surface area contributed by atoms with Gasteiger partial charge >= 0.3 is 0 Å². The number of nitrogens with one attached hydrogen (secondary N) is 2. The van der Waals surface area contributed by atoms with Crippen molar-refractivity contribution in [2.75, 3.05) is 19.7 Å². The Hall–Kier alpha value is -0.610. The largest absolute Gasteiger partial charge is 0.396 e. The standard InChI is InChI=1S/C11H22N2O2/c1-2-12-11(15)6-7-13-10-5-3-4-9(10)8-14/h9-10,13-14H,2-8H2,1H3,(H,12,15). The maximum absolute atomic E-state index is 11.2. The molecular formula is C11H22N2O2. The van der Waals surface area contributed by atoms with E-state index in [2.05, 4.69) is 10.6 Å². The highest BCUT2D eigenvalue weighted by Gasteiger charge is 2.25. The van der Waals surface area contributed by atoms with E-state index in [0.29, 0.717) is 31.5 Å². The monoisotopic (exact) mass is 214 g/mol. The van der Waals surface area contributed by atoms with Crippen molar-refractivity contribution in [1.82, 2.24) is 10.6 Å². The van der Waals surface area contributed by atoms with Crippen LogP contribution in [-0.4, -0.2) is 36.8 Å². The first-order valence-electron chi connectivity index (χ1n) is 5.88. The number of carbonyl (C=O) groups is 1. The molecule has 3 N–H and O–H groups in total. The van der Waals surface area contributed by atoms with Crippen molar-refractivity contribution in [1.29, 1.82) is 0 Å². The summed E-state index contributed by atoms with van der Waals surface area (Å²) >= 11 is 0. The van der Waals surface area contributed by atoms with Gasteiger partial charge in [-0.2, -0.15) is 0 Å². The van der Waals surface area contributed by atoms with E-state index >= 15 is 0 Å². The van der Waals surface area contributed by atoms with Crippen LogP contribution < -0.4 is 10.6 Å². The molecule has 1 saturated carbocycles. The lowest BCUT2D eigenvalue weighted by molar-refractivity contribution is -0.120. The Morgan fingerprint density at radius 1 is 1.47 bits per heavy atom. The van der Waals surface area contributed by atoms with Gasteiger partial charge in [-0.3, -0.25) is 4.79 Å². The van der Waals surface area contributed by atoms with Crippen LogP contribution in [0, 0.1) is 5.92 Å². The second kappa shape index (κ2) is 6.80. The van der Waals surface area contributed by atoms with E-state index in [9.17, 15) is 4.79 Å². The zero-order chi connectivity index (χ0) is 11.1. The number of aliphatic hydroxyl groups is 1. The molecule has 1 aliphatic carbocycles. The molecule has 0 aromatic rings. The lowest BCUT2D eigenvalue weighted by Crippen LogP contribution is -2.36. The Labute approximate surface area is 91.4 Å². The molecule has 0 saturated heterocycles. The third kappa shape index (κ3) is 4.18. The second-order valence-electron chi connectivity index (χ2n) is 4.14. The van der Waals surface area contributed by atoms with Gasteiger partial charge < -0.3 is 15.7 Å². The third-order valence-electron chi connectivity index (χ3n) is 3.03. The van der Waals surface area contributed by atoms with Crippen LogP contribution in [-0.2, 0) is 4.79 Å². The third-order valence-corrected chi connectivity index (χ3v) is 3.03. The average molecular weight is 214 g/mol. The van der Waals surface area contributed by atoms with Crippen molar-refractivity contribution in [2.24, 2.45) is 5.92 Å². The number of amides is 1. The zero-order valence-corrected chi connectivity index (χ0v) is 9.46. The normalized spacial score (nSPS) is 25.5. The van der Waals surface area contributed by atoms with Crippen LogP contribution in [0.25, 0.3) is 0 Å². The maximum atomic E-state index is 11.2. The number of aliphatic hydroxyl groups excluding tert-OH is 1. The summed E-state index contributed by atoms with van der Waals surface area (Å²) in [4.78, 5) is 11.2. The minimum Gasteiger partial charge on any atom is -0.396 e. The van der Waals surface area contributed by atoms with Crippen molar-refractivity contribution in [3.63, 3.8) is 0 Å². The molecule has 1 fully saturated rings. The molecule has 2 unspecified atom stereocenters. The van der Waals surface area contributed by atoms with E-state index in [-0.39, 0.29) is 12.5 Å². The molecule has 1 rings (SSSR count). The summed E-state index contributed by atoms with van der Waals surface area (Å²) < 4.78 is 0. The molecule has 4 nitrogen and oxygen atoms in total. The molecule has 0 aromatic heterocycles. The quantitative estimate of drug-likeness (QED) is 0.594. The minimum absolute atomic E-state index is 0.101. The SMILES string of the molecule is CCNC(=O)CCNC1CCCC1CO. The Kier molecular flexibility index (Phi) is 5.65. The van der Waals surface area contributed by atoms with Crippen LogP contribution in [0.3, 0.4) is 0 Å². The molecule has 1 aliphatic rings. The smallest absolute Gasteiger partial charge is 0.221 e. The second-order valence-corrected chi connectivity index (χ2v) is 4.14. The average Bonchev–Trinajstić information content (AvgIpc) is 2.66. The lowest BCUT2D eigenvalue weighted by atomic mass is 10.1. The van der Waals surface area contributed by atoms with Crippen LogP contribution in [0.4, 0.5) is 0 Å². The van der Waals surface area contributed by atoms with Crippen LogP contribution in [0.1, 0.15) is 32.6 Å². The van der Waals surface area contributed by atoms with Crippen molar-refractivity contribution >= 4 is 5.91 Å². The highest BCUT2D eigenvalue weighted by Crippen LogP contribution is 2.24. The highest BCUT2D eigenvalue weighted by molar-refractivity contribution is 5.75. The Morgan fingerprint density at radius 3 is 2.93 bits per heavy atom. The molecule has 0 heterocycles. The van der Waals surface area contributed by atoms with Crippen LogP contribution in [0.2, 0.25) is 0 Å². The van der Waals surface area contributed by atoms with Crippen molar-refractivity contribution in [3.8, 4) is 0 Å². The first-order chi connectivity index (χ1) is 7.27. The topological polar surface area (TPSA) is 61.4 Å². The summed E-state index contributed by atoms with van der Waals surface area (Å²) in [5.41, 5.74) is 0. The van der Waals surface area contributed by atoms with Crippen LogP contribution in [0.15, 0.2) is 0 Å². The minimum atomic E-state index is 0.101. The number of hydrogen-bond acceptors (Lipinski definition) is 3. The Bertz CT molecular complexity index is 197. The van der Waals surface area contributed by atoms with Crippen molar-refractivity contribution in [2.45, 2.75) is 38.6 Å². The fourth-order valence-electron chi connectivity index (χ4n) is 2.18. The van der Waals surface area contributed by atoms with Gasteiger partial charge in [0.05, 0.1) is 0 Å². The van der Waals surface area contributed by atoms with Gasteiger partial charge in [0.15, 0.2) is 0 Å². The van der Waals surface area contributed by atoms with E-state index in [1.807, 2.05) is 6.92 Å². The van der Waals surface area contributed by atoms with Gasteiger partial charge in [-0.1, -0.05) is 6.42 Å². The van der Waals surface area contributed by atoms with Crippen LogP contribution in [0.5, 0.6) is 0 Å². The van der Waals surface area contributed by atoms with Gasteiger partial charge in [0.2, 0.25) is 5.91 Å². The van der Waals surface area contributed by atoms with E-state index in [1.165, 1.54) is 6.42 Å². The molecule has 0 aliphatic heterocycles. The van der Waals surface area contributed by atoms with E-state index in [0.717, 1.165) is 12.8 Å². The van der Waals surface area contributed by atoms with E-state index in [4.69, 9.17) is 5.11 Å². The Morgan fingerprint density at radius 2 is 2.27 bits per heavy atom. The van der Waals surface area contributed by atoms with E-state index in [1.54, 1.807) is 0 Å². The molecule has 0 aromatic carbocycles.